The van der Waals surface area contributed by atoms with Crippen LogP contribution in [0.25, 0.3) is 0 Å². The zero-order chi connectivity index (χ0) is 19.2. The fraction of sp³-hybridized carbons (Fsp3) is 0.222. The van der Waals surface area contributed by atoms with Crippen molar-refractivity contribution in [3.8, 4) is 5.75 Å². The molecule has 5 nitrogen and oxygen atoms in total. The van der Waals surface area contributed by atoms with E-state index in [4.69, 9.17) is 4.74 Å². The number of hydrogen-bond donors (Lipinski definition) is 2. The van der Waals surface area contributed by atoms with Crippen LogP contribution in [-0.4, -0.2) is 31.6 Å². The van der Waals surface area contributed by atoms with E-state index in [0.29, 0.717) is 11.3 Å². The molecule has 0 aliphatic carbocycles. The first kappa shape index (κ1) is 19.3. The molecule has 8 heteroatoms. The first-order chi connectivity index (χ1) is 12.3. The Hall–Kier alpha value is -3.03. The summed E-state index contributed by atoms with van der Waals surface area (Å²) in [6.45, 7) is -1.45. The summed E-state index contributed by atoms with van der Waals surface area (Å²) in [6, 6.07) is 12.8. The van der Waals surface area contributed by atoms with E-state index in [2.05, 4.69) is 5.32 Å². The molecule has 0 aliphatic rings. The number of ether oxygens (including phenoxy) is 1. The molecule has 0 radical (unpaired) electrons. The smallest absolute Gasteiger partial charge is 0.405 e. The van der Waals surface area contributed by atoms with Gasteiger partial charge in [-0.2, -0.15) is 13.2 Å². The van der Waals surface area contributed by atoms with Crippen molar-refractivity contribution in [3.63, 3.8) is 0 Å². The fourth-order valence-corrected chi connectivity index (χ4v) is 2.23. The standard InChI is InChI=1S/C18H17F3N2O3/c1-26-13-6-4-5-12(9-13)10-16(24)23-15-8-3-2-7-14(15)17(25)22-11-18(19,20)21/h2-9H,10-11H2,1H3,(H,22,25)(H,23,24). The topological polar surface area (TPSA) is 67.4 Å². The lowest BCUT2D eigenvalue weighted by atomic mass is 10.1. The van der Waals surface area contributed by atoms with Gasteiger partial charge in [-0.05, 0) is 29.8 Å². The highest BCUT2D eigenvalue weighted by atomic mass is 19.4. The third-order valence-electron chi connectivity index (χ3n) is 3.39. The summed E-state index contributed by atoms with van der Waals surface area (Å²) in [7, 11) is 1.51. The largest absolute Gasteiger partial charge is 0.497 e. The quantitative estimate of drug-likeness (QED) is 0.825. The third kappa shape index (κ3) is 5.80. The molecular formula is C18H17F3N2O3. The van der Waals surface area contributed by atoms with Crippen molar-refractivity contribution in [3.05, 3.63) is 59.7 Å². The van der Waals surface area contributed by atoms with Crippen molar-refractivity contribution in [1.29, 1.82) is 0 Å². The normalized spacial score (nSPS) is 10.9. The maximum absolute atomic E-state index is 12.3. The molecule has 0 aliphatic heterocycles. The van der Waals surface area contributed by atoms with Crippen molar-refractivity contribution in [2.45, 2.75) is 12.6 Å². The summed E-state index contributed by atoms with van der Waals surface area (Å²) >= 11 is 0. The molecule has 0 bridgehead atoms. The average Bonchev–Trinajstić information content (AvgIpc) is 2.59. The molecule has 2 aromatic carbocycles. The number of carbonyl (C=O) groups excluding carboxylic acids is 2. The van der Waals surface area contributed by atoms with Gasteiger partial charge in [-0.15, -0.1) is 0 Å². The van der Waals surface area contributed by atoms with E-state index in [1.807, 2.05) is 0 Å². The molecule has 0 spiro atoms. The third-order valence-corrected chi connectivity index (χ3v) is 3.39. The van der Waals surface area contributed by atoms with Crippen LogP contribution in [0.5, 0.6) is 5.75 Å². The number of benzene rings is 2. The molecule has 2 amide bonds. The van der Waals surface area contributed by atoms with Crippen LogP contribution in [0.15, 0.2) is 48.5 Å². The molecule has 2 aromatic rings. The van der Waals surface area contributed by atoms with Gasteiger partial charge in [0.05, 0.1) is 24.8 Å². The van der Waals surface area contributed by atoms with Gasteiger partial charge in [0.1, 0.15) is 12.3 Å². The minimum atomic E-state index is -4.51. The van der Waals surface area contributed by atoms with Gasteiger partial charge < -0.3 is 15.4 Å². The molecule has 0 saturated carbocycles. The van der Waals surface area contributed by atoms with Gasteiger partial charge in [-0.25, -0.2) is 0 Å². The Kier molecular flexibility index (Phi) is 6.21. The Morgan fingerprint density at radius 2 is 1.81 bits per heavy atom. The lowest BCUT2D eigenvalue weighted by Gasteiger charge is -2.13. The molecule has 0 unspecified atom stereocenters. The lowest BCUT2D eigenvalue weighted by Crippen LogP contribution is -2.34. The second-order valence-electron chi connectivity index (χ2n) is 5.42. The van der Waals surface area contributed by atoms with Gasteiger partial charge in [-0.1, -0.05) is 24.3 Å². The van der Waals surface area contributed by atoms with Crippen molar-refractivity contribution in [2.75, 3.05) is 19.0 Å². The first-order valence-electron chi connectivity index (χ1n) is 7.65. The molecule has 138 valence electrons. The highest BCUT2D eigenvalue weighted by molar-refractivity contribution is 6.04. The molecule has 0 atom stereocenters. The Morgan fingerprint density at radius 1 is 1.08 bits per heavy atom. The van der Waals surface area contributed by atoms with E-state index >= 15 is 0 Å². The van der Waals surface area contributed by atoms with Crippen LogP contribution in [0.4, 0.5) is 18.9 Å². The highest BCUT2D eigenvalue weighted by Crippen LogP contribution is 2.18. The van der Waals surface area contributed by atoms with E-state index in [9.17, 15) is 22.8 Å². The number of halogens is 3. The maximum Gasteiger partial charge on any atom is 0.405 e. The number of hydrogen-bond acceptors (Lipinski definition) is 3. The predicted octanol–water partition coefficient (Wildman–Crippen LogP) is 3.17. The van der Waals surface area contributed by atoms with Gasteiger partial charge in [-0.3, -0.25) is 9.59 Å². The minimum Gasteiger partial charge on any atom is -0.497 e. The number of carbonyl (C=O) groups is 2. The van der Waals surface area contributed by atoms with Gasteiger partial charge in [0, 0.05) is 0 Å². The highest BCUT2D eigenvalue weighted by Gasteiger charge is 2.28. The van der Waals surface area contributed by atoms with Crippen LogP contribution in [0.1, 0.15) is 15.9 Å². The van der Waals surface area contributed by atoms with Gasteiger partial charge in [0.2, 0.25) is 5.91 Å². The second-order valence-corrected chi connectivity index (χ2v) is 5.42. The van der Waals surface area contributed by atoms with E-state index in [0.717, 1.165) is 0 Å². The fourth-order valence-electron chi connectivity index (χ4n) is 2.23. The number of anilines is 1. The number of rotatable bonds is 6. The summed E-state index contributed by atoms with van der Waals surface area (Å²) < 4.78 is 41.8. The van der Waals surface area contributed by atoms with Crippen molar-refractivity contribution in [2.24, 2.45) is 0 Å². The number of methoxy groups -OCH3 is 1. The Balaban J connectivity index is 2.07. The lowest BCUT2D eigenvalue weighted by molar-refractivity contribution is -0.123. The van der Waals surface area contributed by atoms with E-state index < -0.39 is 24.5 Å². The molecule has 2 rings (SSSR count). The molecular weight excluding hydrogens is 349 g/mol. The average molecular weight is 366 g/mol. The summed E-state index contributed by atoms with van der Waals surface area (Å²) in [6.07, 6.45) is -4.49. The van der Waals surface area contributed by atoms with Gasteiger partial charge in [0.15, 0.2) is 0 Å². The Morgan fingerprint density at radius 3 is 2.50 bits per heavy atom. The summed E-state index contributed by atoms with van der Waals surface area (Å²) in [5, 5.41) is 4.34. The molecule has 0 fully saturated rings. The number of nitrogens with one attached hydrogen (secondary N) is 2. The molecule has 26 heavy (non-hydrogen) atoms. The summed E-state index contributed by atoms with van der Waals surface area (Å²) in [4.78, 5) is 24.2. The van der Waals surface area contributed by atoms with Crippen molar-refractivity contribution < 1.29 is 27.5 Å². The van der Waals surface area contributed by atoms with Crippen molar-refractivity contribution >= 4 is 17.5 Å². The van der Waals surface area contributed by atoms with Crippen LogP contribution in [0, 0.1) is 0 Å². The van der Waals surface area contributed by atoms with Crippen LogP contribution < -0.4 is 15.4 Å². The SMILES string of the molecule is COc1cccc(CC(=O)Nc2ccccc2C(=O)NCC(F)(F)F)c1. The summed E-state index contributed by atoms with van der Waals surface area (Å²) in [5.41, 5.74) is 0.789. The maximum atomic E-state index is 12.3. The monoisotopic (exact) mass is 366 g/mol. The Bertz CT molecular complexity index is 791. The van der Waals surface area contributed by atoms with Crippen LogP contribution in [-0.2, 0) is 11.2 Å². The van der Waals surface area contributed by atoms with Crippen LogP contribution in [0.2, 0.25) is 0 Å². The predicted molar refractivity (Wildman–Crippen MR) is 90.2 cm³/mol. The van der Waals surface area contributed by atoms with Gasteiger partial charge in [0.25, 0.3) is 5.91 Å². The number of amides is 2. The molecule has 2 N–H and O–H groups in total. The first-order valence-corrected chi connectivity index (χ1v) is 7.65. The van der Waals surface area contributed by atoms with Crippen molar-refractivity contribution in [1.82, 2.24) is 5.32 Å². The molecule has 0 heterocycles. The van der Waals surface area contributed by atoms with E-state index in [1.54, 1.807) is 35.6 Å². The minimum absolute atomic E-state index is 0.0235. The Labute approximate surface area is 148 Å². The van der Waals surface area contributed by atoms with Crippen LogP contribution >= 0.6 is 0 Å². The van der Waals surface area contributed by atoms with Gasteiger partial charge >= 0.3 is 6.18 Å². The van der Waals surface area contributed by atoms with Crippen LogP contribution in [0.3, 0.4) is 0 Å². The van der Waals surface area contributed by atoms with E-state index in [-0.39, 0.29) is 17.7 Å². The molecule has 0 aromatic heterocycles. The summed E-state index contributed by atoms with van der Waals surface area (Å²) in [5.74, 6) is -0.726. The molecule has 0 saturated heterocycles. The second kappa shape index (κ2) is 8.37. The number of alkyl halides is 3. The zero-order valence-electron chi connectivity index (χ0n) is 13.9. The zero-order valence-corrected chi connectivity index (χ0v) is 13.9. The number of para-hydroxylation sites is 1. The van der Waals surface area contributed by atoms with E-state index in [1.165, 1.54) is 25.3 Å².